The largest absolute Gasteiger partial charge is 0.352 e. The van der Waals surface area contributed by atoms with Gasteiger partial charge in [-0.15, -0.1) is 0 Å². The molecule has 0 spiro atoms. The number of anilines is 1. The highest BCUT2D eigenvalue weighted by Gasteiger charge is 2.31. The van der Waals surface area contributed by atoms with Gasteiger partial charge in [0.1, 0.15) is 6.04 Å². The standard InChI is InChI=1S/C33H42ClN3O4S/c1-6-25(3)35-33(39)31(22-27-13-8-7-9-14-27)36(23-28-17-19-29(34)20-18-28)32(38)16-11-21-37(42(5,40)41)30-15-10-12-24(2)26(30)4/h7-10,12-15,17-20,25,31H,6,11,16,21-23H2,1-5H3,(H,35,39)/t25-,31+/m1/s1. The van der Waals surface area contributed by atoms with Gasteiger partial charge in [-0.3, -0.25) is 13.9 Å². The zero-order valence-corrected chi connectivity index (χ0v) is 26.7. The Morgan fingerprint density at radius 2 is 1.60 bits per heavy atom. The Bertz CT molecular complexity index is 1450. The number of rotatable bonds is 14. The van der Waals surface area contributed by atoms with Crippen LogP contribution in [0.1, 0.15) is 55.4 Å². The van der Waals surface area contributed by atoms with E-state index in [1.807, 2.05) is 82.3 Å². The molecule has 2 atom stereocenters. The first kappa shape index (κ1) is 33.1. The van der Waals surface area contributed by atoms with Crippen molar-refractivity contribution < 1.29 is 18.0 Å². The molecule has 1 N–H and O–H groups in total. The van der Waals surface area contributed by atoms with Gasteiger partial charge in [-0.05, 0) is 74.1 Å². The van der Waals surface area contributed by atoms with Crippen LogP contribution in [0.2, 0.25) is 5.02 Å². The van der Waals surface area contributed by atoms with E-state index in [9.17, 15) is 18.0 Å². The fourth-order valence-corrected chi connectivity index (χ4v) is 5.91. The number of carbonyl (C=O) groups is 2. The number of benzene rings is 3. The van der Waals surface area contributed by atoms with Crippen molar-refractivity contribution in [3.63, 3.8) is 0 Å². The third-order valence-corrected chi connectivity index (χ3v) is 8.97. The highest BCUT2D eigenvalue weighted by molar-refractivity contribution is 7.92. The average molecular weight is 612 g/mol. The fraction of sp³-hybridized carbons (Fsp3) is 0.394. The Balaban J connectivity index is 1.90. The molecule has 0 bridgehead atoms. The highest BCUT2D eigenvalue weighted by Crippen LogP contribution is 2.26. The minimum absolute atomic E-state index is 0.0517. The molecule has 0 heterocycles. The zero-order chi connectivity index (χ0) is 30.9. The summed E-state index contributed by atoms with van der Waals surface area (Å²) in [5.74, 6) is -0.441. The van der Waals surface area contributed by atoms with Gasteiger partial charge in [0.25, 0.3) is 0 Å². The number of hydrogen-bond acceptors (Lipinski definition) is 4. The van der Waals surface area contributed by atoms with Crippen LogP contribution in [-0.2, 0) is 32.6 Å². The maximum atomic E-state index is 13.9. The molecule has 226 valence electrons. The molecule has 42 heavy (non-hydrogen) atoms. The maximum Gasteiger partial charge on any atom is 0.243 e. The summed E-state index contributed by atoms with van der Waals surface area (Å²) in [6, 6.07) is 21.6. The van der Waals surface area contributed by atoms with Crippen molar-refractivity contribution in [3.05, 3.63) is 100 Å². The summed E-state index contributed by atoms with van der Waals surface area (Å²) in [4.78, 5) is 29.2. The number of carbonyl (C=O) groups excluding carboxylic acids is 2. The summed E-state index contributed by atoms with van der Waals surface area (Å²) in [6.45, 7) is 8.13. The van der Waals surface area contributed by atoms with Crippen molar-refractivity contribution in [2.75, 3.05) is 17.1 Å². The number of halogens is 1. The van der Waals surface area contributed by atoms with E-state index < -0.39 is 16.1 Å². The third kappa shape index (κ3) is 9.33. The van der Waals surface area contributed by atoms with Crippen molar-refractivity contribution >= 4 is 39.1 Å². The van der Waals surface area contributed by atoms with Crippen LogP contribution >= 0.6 is 11.6 Å². The van der Waals surface area contributed by atoms with E-state index in [4.69, 9.17) is 11.6 Å². The molecule has 0 aliphatic carbocycles. The SMILES string of the molecule is CC[C@@H](C)NC(=O)[C@H](Cc1ccccc1)N(Cc1ccc(Cl)cc1)C(=O)CCCN(c1cccc(C)c1C)S(C)(=O)=O. The van der Waals surface area contributed by atoms with Crippen LogP contribution in [0.4, 0.5) is 5.69 Å². The summed E-state index contributed by atoms with van der Waals surface area (Å²) < 4.78 is 26.9. The molecule has 7 nitrogen and oxygen atoms in total. The van der Waals surface area contributed by atoms with Crippen molar-refractivity contribution in [1.29, 1.82) is 0 Å². The van der Waals surface area contributed by atoms with Crippen LogP contribution in [0.3, 0.4) is 0 Å². The minimum atomic E-state index is -3.58. The van der Waals surface area contributed by atoms with E-state index >= 15 is 0 Å². The molecule has 2 amide bonds. The van der Waals surface area contributed by atoms with E-state index in [2.05, 4.69) is 5.32 Å². The van der Waals surface area contributed by atoms with Gasteiger partial charge in [0.05, 0.1) is 11.9 Å². The molecule has 3 rings (SSSR count). The van der Waals surface area contributed by atoms with Crippen LogP contribution in [0.5, 0.6) is 0 Å². The number of nitrogens with zero attached hydrogens (tertiary/aromatic N) is 2. The van der Waals surface area contributed by atoms with Crippen molar-refractivity contribution in [1.82, 2.24) is 10.2 Å². The van der Waals surface area contributed by atoms with Gasteiger partial charge in [-0.1, -0.05) is 73.1 Å². The predicted octanol–water partition coefficient (Wildman–Crippen LogP) is 6.06. The van der Waals surface area contributed by atoms with Gasteiger partial charge >= 0.3 is 0 Å². The molecule has 0 aliphatic rings. The molecule has 0 saturated heterocycles. The molecular formula is C33H42ClN3O4S. The summed E-state index contributed by atoms with van der Waals surface area (Å²) in [5, 5.41) is 3.65. The quantitative estimate of drug-likeness (QED) is 0.240. The average Bonchev–Trinajstić information content (AvgIpc) is 2.95. The molecule has 0 aliphatic heterocycles. The van der Waals surface area contributed by atoms with Crippen LogP contribution in [0, 0.1) is 13.8 Å². The lowest BCUT2D eigenvalue weighted by atomic mass is 10.0. The van der Waals surface area contributed by atoms with Crippen LogP contribution in [0.25, 0.3) is 0 Å². The second kappa shape index (κ2) is 15.2. The predicted molar refractivity (Wildman–Crippen MR) is 171 cm³/mol. The first-order valence-corrected chi connectivity index (χ1v) is 16.6. The minimum Gasteiger partial charge on any atom is -0.352 e. The van der Waals surface area contributed by atoms with Crippen molar-refractivity contribution in [2.24, 2.45) is 0 Å². The van der Waals surface area contributed by atoms with Crippen LogP contribution in [-0.4, -0.2) is 50.0 Å². The Hall–Kier alpha value is -3.36. The van der Waals surface area contributed by atoms with E-state index in [0.717, 1.165) is 28.7 Å². The van der Waals surface area contributed by atoms with Gasteiger partial charge in [0.2, 0.25) is 21.8 Å². The molecular weight excluding hydrogens is 570 g/mol. The number of nitrogens with one attached hydrogen (secondary N) is 1. The lowest BCUT2D eigenvalue weighted by molar-refractivity contribution is -0.141. The summed E-state index contributed by atoms with van der Waals surface area (Å²) in [5.41, 5.74) is 4.26. The van der Waals surface area contributed by atoms with Crippen LogP contribution in [0.15, 0.2) is 72.8 Å². The smallest absolute Gasteiger partial charge is 0.243 e. The monoisotopic (exact) mass is 611 g/mol. The summed E-state index contributed by atoms with van der Waals surface area (Å²) in [7, 11) is -3.58. The van der Waals surface area contributed by atoms with Crippen molar-refractivity contribution in [3.8, 4) is 0 Å². The van der Waals surface area contributed by atoms with E-state index in [-0.39, 0.29) is 37.4 Å². The molecule has 0 saturated carbocycles. The fourth-order valence-electron chi connectivity index (χ4n) is 4.77. The normalized spacial score (nSPS) is 12.8. The first-order valence-electron chi connectivity index (χ1n) is 14.3. The van der Waals surface area contributed by atoms with E-state index in [1.165, 1.54) is 10.6 Å². The zero-order valence-electron chi connectivity index (χ0n) is 25.1. The van der Waals surface area contributed by atoms with Crippen molar-refractivity contribution in [2.45, 2.75) is 72.0 Å². The van der Waals surface area contributed by atoms with Crippen LogP contribution < -0.4 is 9.62 Å². The second-order valence-corrected chi connectivity index (χ2v) is 13.2. The Morgan fingerprint density at radius 1 is 0.929 bits per heavy atom. The topological polar surface area (TPSA) is 86.8 Å². The molecule has 9 heteroatoms. The summed E-state index contributed by atoms with van der Waals surface area (Å²) in [6.07, 6.45) is 2.65. The number of amides is 2. The van der Waals surface area contributed by atoms with E-state index in [0.29, 0.717) is 23.6 Å². The van der Waals surface area contributed by atoms with Gasteiger partial charge in [0, 0.05) is 37.0 Å². The Morgan fingerprint density at radius 3 is 2.21 bits per heavy atom. The highest BCUT2D eigenvalue weighted by atomic mass is 35.5. The van der Waals surface area contributed by atoms with Gasteiger partial charge in [0.15, 0.2) is 0 Å². The van der Waals surface area contributed by atoms with E-state index in [1.54, 1.807) is 23.1 Å². The summed E-state index contributed by atoms with van der Waals surface area (Å²) >= 11 is 6.11. The Labute approximate surface area is 255 Å². The third-order valence-electron chi connectivity index (χ3n) is 7.54. The second-order valence-electron chi connectivity index (χ2n) is 10.8. The van der Waals surface area contributed by atoms with Gasteiger partial charge < -0.3 is 10.2 Å². The lowest BCUT2D eigenvalue weighted by Crippen LogP contribution is -2.52. The molecule has 3 aromatic carbocycles. The number of aryl methyl sites for hydroxylation is 1. The van der Waals surface area contributed by atoms with Gasteiger partial charge in [-0.2, -0.15) is 0 Å². The van der Waals surface area contributed by atoms with Gasteiger partial charge in [-0.25, -0.2) is 8.42 Å². The number of sulfonamides is 1. The molecule has 0 radical (unpaired) electrons. The first-order chi connectivity index (χ1) is 19.9. The lowest BCUT2D eigenvalue weighted by Gasteiger charge is -2.33. The molecule has 3 aromatic rings. The molecule has 0 aromatic heterocycles. The maximum absolute atomic E-state index is 13.9. The Kier molecular flexibility index (Phi) is 12.0. The molecule has 0 unspecified atom stereocenters. The number of hydrogen-bond donors (Lipinski definition) is 1. The molecule has 0 fully saturated rings.